The van der Waals surface area contributed by atoms with Crippen LogP contribution in [0.1, 0.15) is 27.2 Å². The third kappa shape index (κ3) is 4.12. The fraction of sp³-hybridized carbons (Fsp3) is 0.318. The molecule has 148 valence electrons. The van der Waals surface area contributed by atoms with Crippen molar-refractivity contribution >= 4 is 29.5 Å². The summed E-state index contributed by atoms with van der Waals surface area (Å²) >= 11 is 0. The van der Waals surface area contributed by atoms with Crippen molar-refractivity contribution in [3.8, 4) is 11.3 Å². The monoisotopic (exact) mass is 398 g/mol. The van der Waals surface area contributed by atoms with Gasteiger partial charge in [-0.05, 0) is 26.3 Å². The second-order valence-electron chi connectivity index (χ2n) is 6.33. The van der Waals surface area contributed by atoms with Gasteiger partial charge in [-0.2, -0.15) is 0 Å². The Morgan fingerprint density at radius 2 is 1.57 bits per heavy atom. The molecule has 1 heterocycles. The Kier molecular flexibility index (Phi) is 6.84. The zero-order valence-corrected chi connectivity index (χ0v) is 17.5. The van der Waals surface area contributed by atoms with Gasteiger partial charge in [0.05, 0.1) is 30.1 Å². The molecule has 0 aliphatic carbocycles. The predicted molar refractivity (Wildman–Crippen MR) is 116 cm³/mol. The first kappa shape index (κ1) is 20.5. The summed E-state index contributed by atoms with van der Waals surface area (Å²) in [5.41, 5.74) is 3.12. The van der Waals surface area contributed by atoms with Gasteiger partial charge in [0.25, 0.3) is 0 Å². The van der Waals surface area contributed by atoms with Gasteiger partial charge in [-0.25, -0.2) is 4.98 Å². The van der Waals surface area contributed by atoms with Crippen LogP contribution in [0.4, 0.5) is 5.69 Å². The smallest absolute Gasteiger partial charge is 0.365 e. The zero-order valence-electron chi connectivity index (χ0n) is 16.6. The van der Waals surface area contributed by atoms with Gasteiger partial charge in [0.1, 0.15) is 5.30 Å². The summed E-state index contributed by atoms with van der Waals surface area (Å²) in [5.74, 6) is 0. The molecule has 0 spiro atoms. The van der Waals surface area contributed by atoms with Gasteiger partial charge in [0, 0.05) is 17.5 Å². The number of nitrogens with zero attached hydrogens (tertiary/aromatic N) is 1. The van der Waals surface area contributed by atoms with E-state index in [0.717, 1.165) is 35.1 Å². The SMILES string of the molecule is CCCNc1c(P(=O)(OCC)OCC)c(-c2ccccc2)nc2ccccc12. The van der Waals surface area contributed by atoms with Crippen molar-refractivity contribution in [3.05, 3.63) is 54.6 Å². The van der Waals surface area contributed by atoms with Crippen LogP contribution < -0.4 is 10.6 Å². The molecule has 0 atom stereocenters. The van der Waals surface area contributed by atoms with E-state index in [1.54, 1.807) is 0 Å². The highest BCUT2D eigenvalue weighted by Crippen LogP contribution is 2.52. The van der Waals surface area contributed by atoms with Gasteiger partial charge in [-0.15, -0.1) is 0 Å². The minimum absolute atomic E-state index is 0.283. The van der Waals surface area contributed by atoms with Crippen LogP contribution >= 0.6 is 7.60 Å². The van der Waals surface area contributed by atoms with Crippen molar-refractivity contribution in [1.29, 1.82) is 0 Å². The molecule has 28 heavy (non-hydrogen) atoms. The number of pyridine rings is 1. The molecule has 0 unspecified atom stereocenters. The summed E-state index contributed by atoms with van der Waals surface area (Å²) in [4.78, 5) is 4.87. The number of benzene rings is 2. The van der Waals surface area contributed by atoms with Gasteiger partial charge in [-0.1, -0.05) is 55.5 Å². The quantitative estimate of drug-likeness (QED) is 0.474. The second-order valence-corrected chi connectivity index (χ2v) is 8.29. The fourth-order valence-electron chi connectivity index (χ4n) is 3.20. The highest BCUT2D eigenvalue weighted by Gasteiger charge is 2.35. The van der Waals surface area contributed by atoms with Crippen molar-refractivity contribution in [2.75, 3.05) is 25.1 Å². The van der Waals surface area contributed by atoms with Crippen molar-refractivity contribution in [2.45, 2.75) is 27.2 Å². The molecule has 0 saturated heterocycles. The van der Waals surface area contributed by atoms with E-state index >= 15 is 0 Å². The van der Waals surface area contributed by atoms with Crippen LogP contribution in [-0.2, 0) is 13.6 Å². The number of aromatic nitrogens is 1. The fourth-order valence-corrected chi connectivity index (χ4v) is 5.13. The van der Waals surface area contributed by atoms with Gasteiger partial charge in [-0.3, -0.25) is 4.57 Å². The molecule has 0 saturated carbocycles. The molecule has 0 aliphatic rings. The Balaban J connectivity index is 2.40. The highest BCUT2D eigenvalue weighted by atomic mass is 31.2. The molecule has 2 aromatic carbocycles. The molecule has 6 heteroatoms. The minimum atomic E-state index is -3.58. The van der Waals surface area contributed by atoms with Gasteiger partial charge >= 0.3 is 7.60 Å². The standard InChI is InChI=1S/C22H27N2O3P/c1-4-16-23-21-18-14-10-11-15-19(18)24-20(17-12-8-7-9-13-17)22(21)28(25,26-5-2)27-6-3/h7-15H,4-6,16H2,1-3H3,(H,23,24). The number of nitrogens with one attached hydrogen (secondary N) is 1. The van der Waals surface area contributed by atoms with Crippen molar-refractivity contribution in [3.63, 3.8) is 0 Å². The Bertz CT molecular complexity index is 966. The van der Waals surface area contributed by atoms with Crippen LogP contribution in [0, 0.1) is 0 Å². The molecule has 5 nitrogen and oxygen atoms in total. The van der Waals surface area contributed by atoms with Gasteiger partial charge < -0.3 is 14.4 Å². The van der Waals surface area contributed by atoms with E-state index in [0.29, 0.717) is 11.0 Å². The van der Waals surface area contributed by atoms with Crippen LogP contribution in [0.3, 0.4) is 0 Å². The topological polar surface area (TPSA) is 60.5 Å². The largest absolute Gasteiger partial charge is 0.384 e. The average molecular weight is 398 g/mol. The summed E-state index contributed by atoms with van der Waals surface area (Å²) in [6.45, 7) is 7.05. The summed E-state index contributed by atoms with van der Waals surface area (Å²) < 4.78 is 25.4. The number of anilines is 1. The van der Waals surface area contributed by atoms with Crippen LogP contribution in [0.2, 0.25) is 0 Å². The van der Waals surface area contributed by atoms with Crippen LogP contribution in [0.5, 0.6) is 0 Å². The predicted octanol–water partition coefficient (Wildman–Crippen LogP) is 5.62. The molecule has 1 aromatic heterocycles. The van der Waals surface area contributed by atoms with E-state index in [1.165, 1.54) is 0 Å². The van der Waals surface area contributed by atoms with Crippen molar-refractivity contribution < 1.29 is 13.6 Å². The molecular weight excluding hydrogens is 371 g/mol. The Hall–Kier alpha value is -2.20. The number of para-hydroxylation sites is 1. The number of rotatable bonds is 9. The van der Waals surface area contributed by atoms with E-state index in [1.807, 2.05) is 68.4 Å². The lowest BCUT2D eigenvalue weighted by Crippen LogP contribution is -2.21. The highest BCUT2D eigenvalue weighted by molar-refractivity contribution is 7.63. The molecule has 3 rings (SSSR count). The molecule has 0 bridgehead atoms. The third-order valence-electron chi connectivity index (χ3n) is 4.34. The molecular formula is C22H27N2O3P. The van der Waals surface area contributed by atoms with E-state index in [-0.39, 0.29) is 13.2 Å². The summed E-state index contributed by atoms with van der Waals surface area (Å²) in [5, 5.41) is 4.88. The lowest BCUT2D eigenvalue weighted by molar-refractivity contribution is 0.230. The molecule has 0 amide bonds. The Morgan fingerprint density at radius 1 is 0.929 bits per heavy atom. The van der Waals surface area contributed by atoms with Crippen LogP contribution in [-0.4, -0.2) is 24.7 Å². The van der Waals surface area contributed by atoms with E-state index in [4.69, 9.17) is 14.0 Å². The average Bonchev–Trinajstić information content (AvgIpc) is 2.72. The second kappa shape index (κ2) is 9.33. The first-order valence-corrected chi connectivity index (χ1v) is 11.3. The Labute approximate surface area is 166 Å². The maximum absolute atomic E-state index is 13.9. The van der Waals surface area contributed by atoms with Crippen molar-refractivity contribution in [1.82, 2.24) is 4.98 Å². The summed E-state index contributed by atoms with van der Waals surface area (Å²) in [6.07, 6.45) is 0.935. The normalized spacial score (nSPS) is 11.7. The van der Waals surface area contributed by atoms with E-state index < -0.39 is 7.60 Å². The van der Waals surface area contributed by atoms with E-state index in [9.17, 15) is 4.57 Å². The summed E-state index contributed by atoms with van der Waals surface area (Å²) in [6, 6.07) is 17.6. The maximum Gasteiger partial charge on any atom is 0.365 e. The first-order valence-electron chi connectivity index (χ1n) is 9.76. The molecule has 0 fully saturated rings. The lowest BCUT2D eigenvalue weighted by Gasteiger charge is -2.24. The molecule has 3 aromatic rings. The molecule has 1 N–H and O–H groups in total. The van der Waals surface area contributed by atoms with Crippen LogP contribution in [0.25, 0.3) is 22.2 Å². The number of hydrogen-bond acceptors (Lipinski definition) is 5. The molecule has 0 radical (unpaired) electrons. The third-order valence-corrected chi connectivity index (χ3v) is 6.52. The molecule has 0 aliphatic heterocycles. The maximum atomic E-state index is 13.9. The zero-order chi connectivity index (χ0) is 20.0. The van der Waals surface area contributed by atoms with Gasteiger partial charge in [0.15, 0.2) is 0 Å². The number of hydrogen-bond donors (Lipinski definition) is 1. The minimum Gasteiger partial charge on any atom is -0.384 e. The first-order chi connectivity index (χ1) is 13.6. The summed E-state index contributed by atoms with van der Waals surface area (Å²) in [7, 11) is -3.58. The van der Waals surface area contributed by atoms with Crippen molar-refractivity contribution in [2.24, 2.45) is 0 Å². The van der Waals surface area contributed by atoms with Gasteiger partial charge in [0.2, 0.25) is 0 Å². The number of fused-ring (bicyclic) bond motifs is 1. The van der Waals surface area contributed by atoms with Crippen LogP contribution in [0.15, 0.2) is 54.6 Å². The lowest BCUT2D eigenvalue weighted by atomic mass is 10.1. The van der Waals surface area contributed by atoms with E-state index in [2.05, 4.69) is 12.2 Å². The Morgan fingerprint density at radius 3 is 2.21 bits per heavy atom.